The van der Waals surface area contributed by atoms with Gasteiger partial charge in [-0.3, -0.25) is 4.31 Å². The molecule has 0 bridgehead atoms. The van der Waals surface area contributed by atoms with Gasteiger partial charge in [-0.25, -0.2) is 13.2 Å². The van der Waals surface area contributed by atoms with Crippen molar-refractivity contribution in [3.05, 3.63) is 48.0 Å². The van der Waals surface area contributed by atoms with Gasteiger partial charge in [-0.2, -0.15) is 0 Å². The minimum absolute atomic E-state index is 0.434. The zero-order valence-corrected chi connectivity index (χ0v) is 15.5. The number of nitrogens with zero attached hydrogens (tertiary/aromatic N) is 1. The molecule has 2 aromatic carbocycles. The first-order chi connectivity index (χ1) is 12.4. The van der Waals surface area contributed by atoms with Gasteiger partial charge in [0, 0.05) is 12.2 Å². The average molecular weight is 375 g/mol. The van der Waals surface area contributed by atoms with Crippen LogP contribution in [-0.2, 0) is 16.4 Å². The molecule has 2 aromatic rings. The lowest BCUT2D eigenvalue weighted by Crippen LogP contribution is -2.34. The third-order valence-electron chi connectivity index (χ3n) is 4.17. The van der Waals surface area contributed by atoms with Crippen LogP contribution in [-0.4, -0.2) is 34.4 Å². The first-order valence-corrected chi connectivity index (χ1v) is 10.0. The Morgan fingerprint density at radius 2 is 1.92 bits per heavy atom. The number of anilines is 3. The summed E-state index contributed by atoms with van der Waals surface area (Å²) in [5.74, 6) is 0.552. The van der Waals surface area contributed by atoms with E-state index in [-0.39, 0.29) is 0 Å². The van der Waals surface area contributed by atoms with Gasteiger partial charge in [0.1, 0.15) is 5.75 Å². The van der Waals surface area contributed by atoms with Crippen molar-refractivity contribution in [2.75, 3.05) is 34.8 Å². The fourth-order valence-electron chi connectivity index (χ4n) is 3.00. The molecule has 0 aromatic heterocycles. The molecule has 1 heterocycles. The number of hydrogen-bond donors (Lipinski definition) is 2. The van der Waals surface area contributed by atoms with E-state index in [1.165, 1.54) is 17.7 Å². The maximum Gasteiger partial charge on any atom is 0.323 e. The molecule has 7 nitrogen and oxygen atoms in total. The molecule has 0 saturated heterocycles. The second kappa shape index (κ2) is 7.25. The van der Waals surface area contributed by atoms with E-state index >= 15 is 0 Å². The number of hydrogen-bond acceptors (Lipinski definition) is 4. The van der Waals surface area contributed by atoms with E-state index in [0.29, 0.717) is 29.4 Å². The number of para-hydroxylation sites is 2. The van der Waals surface area contributed by atoms with Gasteiger partial charge in [0.05, 0.1) is 24.7 Å². The van der Waals surface area contributed by atoms with E-state index in [0.717, 1.165) is 18.4 Å². The Bertz CT molecular complexity index is 928. The standard InChI is InChI=1S/C18H21N3O4S/c1-25-17-8-4-3-7-15(17)20-18(22)19-14-10-9-13-6-5-11-21(16(13)12-14)26(2,23)24/h3-4,7-10,12H,5-6,11H2,1-2H3,(H2,19,20,22). The van der Waals surface area contributed by atoms with Crippen LogP contribution >= 0.6 is 0 Å². The first kappa shape index (κ1) is 18.1. The molecule has 0 saturated carbocycles. The van der Waals surface area contributed by atoms with Gasteiger partial charge < -0.3 is 15.4 Å². The van der Waals surface area contributed by atoms with Crippen LogP contribution in [0.2, 0.25) is 0 Å². The highest BCUT2D eigenvalue weighted by atomic mass is 32.2. The Hall–Kier alpha value is -2.74. The zero-order valence-electron chi connectivity index (χ0n) is 14.7. The summed E-state index contributed by atoms with van der Waals surface area (Å²) in [6.45, 7) is 0.447. The highest BCUT2D eigenvalue weighted by Gasteiger charge is 2.24. The molecule has 3 rings (SSSR count). The molecule has 0 spiro atoms. The van der Waals surface area contributed by atoms with Crippen molar-refractivity contribution in [1.82, 2.24) is 0 Å². The summed E-state index contributed by atoms with van der Waals surface area (Å²) in [5.41, 5.74) is 2.64. The normalized spacial score (nSPS) is 13.7. The van der Waals surface area contributed by atoms with Crippen LogP contribution in [0, 0.1) is 0 Å². The summed E-state index contributed by atoms with van der Waals surface area (Å²) in [6, 6.07) is 12.0. The minimum Gasteiger partial charge on any atom is -0.495 e. The molecule has 0 radical (unpaired) electrons. The van der Waals surface area contributed by atoms with E-state index in [1.54, 1.807) is 30.3 Å². The summed E-state index contributed by atoms with van der Waals surface area (Å²) in [6.07, 6.45) is 2.78. The van der Waals surface area contributed by atoms with Crippen LogP contribution < -0.4 is 19.7 Å². The number of fused-ring (bicyclic) bond motifs is 1. The third kappa shape index (κ3) is 3.91. The van der Waals surface area contributed by atoms with Crippen molar-refractivity contribution >= 4 is 33.1 Å². The molecule has 0 fully saturated rings. The van der Waals surface area contributed by atoms with Crippen LogP contribution in [0.15, 0.2) is 42.5 Å². The second-order valence-corrected chi connectivity index (χ2v) is 7.97. The molecular weight excluding hydrogens is 354 g/mol. The molecule has 2 amide bonds. The molecule has 0 aliphatic carbocycles. The van der Waals surface area contributed by atoms with E-state index in [1.807, 2.05) is 12.1 Å². The average Bonchev–Trinajstić information content (AvgIpc) is 2.60. The van der Waals surface area contributed by atoms with Crippen LogP contribution in [0.25, 0.3) is 0 Å². The predicted molar refractivity (Wildman–Crippen MR) is 103 cm³/mol. The quantitative estimate of drug-likeness (QED) is 0.860. The number of ether oxygens (including phenoxy) is 1. The van der Waals surface area contributed by atoms with Gasteiger partial charge in [0.2, 0.25) is 10.0 Å². The van der Waals surface area contributed by atoms with E-state index in [2.05, 4.69) is 10.6 Å². The molecule has 1 aliphatic heterocycles. The van der Waals surface area contributed by atoms with Gasteiger partial charge >= 0.3 is 6.03 Å². The third-order valence-corrected chi connectivity index (χ3v) is 5.35. The topological polar surface area (TPSA) is 87.7 Å². The smallest absolute Gasteiger partial charge is 0.323 e. The summed E-state index contributed by atoms with van der Waals surface area (Å²) in [5, 5.41) is 5.46. The van der Waals surface area contributed by atoms with E-state index in [9.17, 15) is 13.2 Å². The van der Waals surface area contributed by atoms with Crippen molar-refractivity contribution < 1.29 is 17.9 Å². The SMILES string of the molecule is COc1ccccc1NC(=O)Nc1ccc2c(c1)N(S(C)(=O)=O)CCC2. The highest BCUT2D eigenvalue weighted by Crippen LogP contribution is 2.32. The maximum atomic E-state index is 12.3. The lowest BCUT2D eigenvalue weighted by Gasteiger charge is -2.29. The highest BCUT2D eigenvalue weighted by molar-refractivity contribution is 7.92. The van der Waals surface area contributed by atoms with Crippen LogP contribution in [0.1, 0.15) is 12.0 Å². The van der Waals surface area contributed by atoms with E-state index < -0.39 is 16.1 Å². The molecule has 8 heteroatoms. The van der Waals surface area contributed by atoms with Gasteiger partial charge in [-0.1, -0.05) is 18.2 Å². The van der Waals surface area contributed by atoms with Crippen LogP contribution in [0.3, 0.4) is 0 Å². The number of urea groups is 1. The second-order valence-electron chi connectivity index (χ2n) is 6.06. The monoisotopic (exact) mass is 375 g/mol. The minimum atomic E-state index is -3.35. The molecule has 2 N–H and O–H groups in total. The Morgan fingerprint density at radius 3 is 2.65 bits per heavy atom. The molecule has 26 heavy (non-hydrogen) atoms. The predicted octanol–water partition coefficient (Wildman–Crippen LogP) is 3.05. The summed E-state index contributed by atoms with van der Waals surface area (Å²) >= 11 is 0. The Morgan fingerprint density at radius 1 is 1.15 bits per heavy atom. The molecule has 138 valence electrons. The Balaban J connectivity index is 1.79. The number of carbonyl (C=O) groups excluding carboxylic acids is 1. The Kier molecular flexibility index (Phi) is 5.03. The lowest BCUT2D eigenvalue weighted by molar-refractivity contribution is 0.262. The zero-order chi connectivity index (χ0) is 18.7. The number of benzene rings is 2. The summed E-state index contributed by atoms with van der Waals surface area (Å²) in [4.78, 5) is 12.3. The van der Waals surface area contributed by atoms with Crippen molar-refractivity contribution in [1.29, 1.82) is 0 Å². The number of rotatable bonds is 4. The van der Waals surface area contributed by atoms with Gasteiger partial charge in [0.25, 0.3) is 0 Å². The fraction of sp³-hybridized carbons (Fsp3) is 0.278. The molecular formula is C18H21N3O4S. The van der Waals surface area contributed by atoms with Gasteiger partial charge in [0.15, 0.2) is 0 Å². The van der Waals surface area contributed by atoms with Crippen molar-refractivity contribution in [3.63, 3.8) is 0 Å². The van der Waals surface area contributed by atoms with Crippen molar-refractivity contribution in [3.8, 4) is 5.75 Å². The van der Waals surface area contributed by atoms with Crippen molar-refractivity contribution in [2.24, 2.45) is 0 Å². The number of nitrogens with one attached hydrogen (secondary N) is 2. The Labute approximate surface area is 153 Å². The summed E-state index contributed by atoms with van der Waals surface area (Å²) in [7, 11) is -1.82. The number of sulfonamides is 1. The van der Waals surface area contributed by atoms with E-state index in [4.69, 9.17) is 4.74 Å². The largest absolute Gasteiger partial charge is 0.495 e. The fourth-order valence-corrected chi connectivity index (χ4v) is 3.98. The van der Waals surface area contributed by atoms with Gasteiger partial charge in [-0.15, -0.1) is 0 Å². The van der Waals surface area contributed by atoms with Gasteiger partial charge in [-0.05, 0) is 42.7 Å². The molecule has 1 aliphatic rings. The lowest BCUT2D eigenvalue weighted by atomic mass is 10.0. The maximum absolute atomic E-state index is 12.3. The number of aryl methyl sites for hydroxylation is 1. The molecule has 0 unspecified atom stereocenters. The number of methoxy groups -OCH3 is 1. The molecule has 0 atom stereocenters. The number of carbonyl (C=O) groups is 1. The number of amides is 2. The van der Waals surface area contributed by atoms with Crippen LogP contribution in [0.5, 0.6) is 5.75 Å². The summed E-state index contributed by atoms with van der Waals surface area (Å²) < 4.78 is 30.6. The van der Waals surface area contributed by atoms with Crippen LogP contribution in [0.4, 0.5) is 21.9 Å². The van der Waals surface area contributed by atoms with Crippen molar-refractivity contribution in [2.45, 2.75) is 12.8 Å². The first-order valence-electron chi connectivity index (χ1n) is 8.20.